The van der Waals surface area contributed by atoms with Gasteiger partial charge in [-0.25, -0.2) is 0 Å². The van der Waals surface area contributed by atoms with Gasteiger partial charge in [0.2, 0.25) is 5.91 Å². The monoisotopic (exact) mass is 254 g/mol. The molecule has 1 amide bonds. The molecule has 1 aliphatic carbocycles. The Kier molecular flexibility index (Phi) is 4.62. The smallest absolute Gasteiger partial charge is 0.225 e. The summed E-state index contributed by atoms with van der Waals surface area (Å²) in [6.07, 6.45) is 4.50. The molecule has 0 aromatic rings. The van der Waals surface area contributed by atoms with E-state index in [2.05, 4.69) is 6.92 Å². The molecule has 2 unspecified atom stereocenters. The van der Waals surface area contributed by atoms with Crippen molar-refractivity contribution in [2.24, 2.45) is 17.6 Å². The summed E-state index contributed by atoms with van der Waals surface area (Å²) in [7, 11) is 0. The predicted octanol–water partition coefficient (Wildman–Crippen LogP) is 1.39. The van der Waals surface area contributed by atoms with Gasteiger partial charge in [-0.3, -0.25) is 4.79 Å². The van der Waals surface area contributed by atoms with E-state index >= 15 is 0 Å². The van der Waals surface area contributed by atoms with Crippen LogP contribution in [0.15, 0.2) is 0 Å². The molecule has 1 aliphatic heterocycles. The fourth-order valence-corrected chi connectivity index (χ4v) is 2.96. The van der Waals surface area contributed by atoms with Gasteiger partial charge in [-0.15, -0.1) is 0 Å². The Morgan fingerprint density at radius 2 is 2.00 bits per heavy atom. The van der Waals surface area contributed by atoms with E-state index in [1.807, 2.05) is 11.8 Å². The fourth-order valence-electron chi connectivity index (χ4n) is 2.96. The summed E-state index contributed by atoms with van der Waals surface area (Å²) in [6, 6.07) is -0.00743. The lowest BCUT2D eigenvalue weighted by Crippen LogP contribution is -2.52. The summed E-state index contributed by atoms with van der Waals surface area (Å²) in [5, 5.41) is 0. The van der Waals surface area contributed by atoms with Gasteiger partial charge in [0.05, 0.1) is 12.7 Å². The average Bonchev–Trinajstić information content (AvgIpc) is 2.39. The molecule has 1 saturated heterocycles. The van der Waals surface area contributed by atoms with Gasteiger partial charge in [0, 0.05) is 25.0 Å². The molecule has 4 nitrogen and oxygen atoms in total. The second-order valence-electron chi connectivity index (χ2n) is 6.01. The van der Waals surface area contributed by atoms with E-state index < -0.39 is 0 Å². The molecular formula is C14H26N2O2. The van der Waals surface area contributed by atoms with Crippen LogP contribution < -0.4 is 5.73 Å². The SMILES string of the molecule is CC1CCC(C(=O)N2CCOC(C(C)N)C2)CC1. The third-order valence-corrected chi connectivity index (χ3v) is 4.36. The van der Waals surface area contributed by atoms with Gasteiger partial charge in [0.1, 0.15) is 0 Å². The molecule has 2 rings (SSSR count). The number of carbonyl (C=O) groups excluding carboxylic acids is 1. The van der Waals surface area contributed by atoms with Gasteiger partial charge < -0.3 is 15.4 Å². The van der Waals surface area contributed by atoms with E-state index in [0.717, 1.165) is 25.3 Å². The van der Waals surface area contributed by atoms with Crippen LogP contribution in [0.2, 0.25) is 0 Å². The van der Waals surface area contributed by atoms with Crippen molar-refractivity contribution >= 4 is 5.91 Å². The zero-order valence-corrected chi connectivity index (χ0v) is 11.6. The topological polar surface area (TPSA) is 55.6 Å². The molecule has 2 N–H and O–H groups in total. The van der Waals surface area contributed by atoms with Crippen molar-refractivity contribution in [3.8, 4) is 0 Å². The number of nitrogens with two attached hydrogens (primary N) is 1. The number of hydrogen-bond acceptors (Lipinski definition) is 3. The zero-order valence-electron chi connectivity index (χ0n) is 11.6. The lowest BCUT2D eigenvalue weighted by Gasteiger charge is -2.37. The minimum absolute atomic E-state index is 0.00483. The minimum Gasteiger partial charge on any atom is -0.373 e. The molecule has 104 valence electrons. The molecule has 2 fully saturated rings. The summed E-state index contributed by atoms with van der Waals surface area (Å²) in [5.74, 6) is 1.36. The van der Waals surface area contributed by atoms with E-state index in [0.29, 0.717) is 19.1 Å². The Morgan fingerprint density at radius 1 is 1.33 bits per heavy atom. The summed E-state index contributed by atoms with van der Waals surface area (Å²) in [4.78, 5) is 14.4. The molecule has 0 radical (unpaired) electrons. The van der Waals surface area contributed by atoms with Crippen molar-refractivity contribution in [2.45, 2.75) is 51.7 Å². The predicted molar refractivity (Wildman–Crippen MR) is 71.1 cm³/mol. The molecule has 2 aliphatic rings. The first-order chi connectivity index (χ1) is 8.58. The lowest BCUT2D eigenvalue weighted by atomic mass is 9.82. The highest BCUT2D eigenvalue weighted by atomic mass is 16.5. The van der Waals surface area contributed by atoms with Crippen LogP contribution in [0, 0.1) is 11.8 Å². The van der Waals surface area contributed by atoms with Crippen LogP contribution in [-0.4, -0.2) is 42.6 Å². The van der Waals surface area contributed by atoms with Crippen molar-refractivity contribution in [1.82, 2.24) is 4.90 Å². The second-order valence-corrected chi connectivity index (χ2v) is 6.01. The van der Waals surface area contributed by atoms with Crippen LogP contribution in [0.5, 0.6) is 0 Å². The third-order valence-electron chi connectivity index (χ3n) is 4.36. The first kappa shape index (κ1) is 13.8. The molecule has 2 atom stereocenters. The van der Waals surface area contributed by atoms with Crippen LogP contribution in [-0.2, 0) is 9.53 Å². The normalized spacial score (nSPS) is 35.3. The van der Waals surface area contributed by atoms with Crippen LogP contribution in [0.25, 0.3) is 0 Å². The summed E-state index contributed by atoms with van der Waals surface area (Å²) in [5.41, 5.74) is 5.86. The highest BCUT2D eigenvalue weighted by Crippen LogP contribution is 2.30. The molecule has 0 aromatic carbocycles. The number of carbonyl (C=O) groups is 1. The van der Waals surface area contributed by atoms with Gasteiger partial charge in [-0.2, -0.15) is 0 Å². The van der Waals surface area contributed by atoms with Gasteiger partial charge >= 0.3 is 0 Å². The third kappa shape index (κ3) is 3.23. The standard InChI is InChI=1S/C14H26N2O2/c1-10-3-5-12(6-4-10)14(17)16-7-8-18-13(9-16)11(2)15/h10-13H,3-9,15H2,1-2H3. The molecule has 4 heteroatoms. The number of nitrogens with zero attached hydrogens (tertiary/aromatic N) is 1. The number of hydrogen-bond donors (Lipinski definition) is 1. The molecular weight excluding hydrogens is 228 g/mol. The van der Waals surface area contributed by atoms with E-state index in [9.17, 15) is 4.79 Å². The molecule has 1 heterocycles. The summed E-state index contributed by atoms with van der Waals surface area (Å²) >= 11 is 0. The average molecular weight is 254 g/mol. The maximum absolute atomic E-state index is 12.5. The highest BCUT2D eigenvalue weighted by molar-refractivity contribution is 5.79. The van der Waals surface area contributed by atoms with Gasteiger partial charge in [-0.1, -0.05) is 6.92 Å². The van der Waals surface area contributed by atoms with Gasteiger partial charge in [-0.05, 0) is 38.5 Å². The Hall–Kier alpha value is -0.610. The van der Waals surface area contributed by atoms with Crippen LogP contribution in [0.1, 0.15) is 39.5 Å². The number of rotatable bonds is 2. The lowest BCUT2D eigenvalue weighted by molar-refractivity contribution is -0.145. The van der Waals surface area contributed by atoms with E-state index in [4.69, 9.17) is 10.5 Å². The zero-order chi connectivity index (χ0) is 13.1. The summed E-state index contributed by atoms with van der Waals surface area (Å²) in [6.45, 7) is 6.25. The number of morpholine rings is 1. The Balaban J connectivity index is 1.88. The van der Waals surface area contributed by atoms with Gasteiger partial charge in [0.25, 0.3) is 0 Å². The Morgan fingerprint density at radius 3 is 2.61 bits per heavy atom. The molecule has 0 spiro atoms. The molecule has 18 heavy (non-hydrogen) atoms. The van der Waals surface area contributed by atoms with Crippen molar-refractivity contribution < 1.29 is 9.53 Å². The Bertz CT molecular complexity index is 286. The van der Waals surface area contributed by atoms with Crippen molar-refractivity contribution in [2.75, 3.05) is 19.7 Å². The number of amides is 1. The van der Waals surface area contributed by atoms with Crippen LogP contribution in [0.4, 0.5) is 0 Å². The van der Waals surface area contributed by atoms with E-state index in [1.165, 1.54) is 12.8 Å². The first-order valence-electron chi connectivity index (χ1n) is 7.24. The van der Waals surface area contributed by atoms with E-state index in [-0.39, 0.29) is 18.1 Å². The van der Waals surface area contributed by atoms with Crippen LogP contribution >= 0.6 is 0 Å². The van der Waals surface area contributed by atoms with Crippen molar-refractivity contribution in [3.63, 3.8) is 0 Å². The fraction of sp³-hybridized carbons (Fsp3) is 0.929. The molecule has 0 aromatic heterocycles. The maximum atomic E-state index is 12.5. The molecule has 0 bridgehead atoms. The quantitative estimate of drug-likeness (QED) is 0.810. The minimum atomic E-state index is -0.00743. The molecule has 1 saturated carbocycles. The van der Waals surface area contributed by atoms with Crippen LogP contribution in [0.3, 0.4) is 0 Å². The summed E-state index contributed by atoms with van der Waals surface area (Å²) < 4.78 is 5.61. The maximum Gasteiger partial charge on any atom is 0.225 e. The highest BCUT2D eigenvalue weighted by Gasteiger charge is 2.32. The van der Waals surface area contributed by atoms with Crippen molar-refractivity contribution in [3.05, 3.63) is 0 Å². The number of ether oxygens (including phenoxy) is 1. The largest absolute Gasteiger partial charge is 0.373 e. The first-order valence-corrected chi connectivity index (χ1v) is 7.24. The van der Waals surface area contributed by atoms with Crippen molar-refractivity contribution in [1.29, 1.82) is 0 Å². The second kappa shape index (κ2) is 6.02. The van der Waals surface area contributed by atoms with Gasteiger partial charge in [0.15, 0.2) is 0 Å². The Labute approximate surface area is 110 Å². The van der Waals surface area contributed by atoms with E-state index in [1.54, 1.807) is 0 Å².